The van der Waals surface area contributed by atoms with E-state index in [1.54, 1.807) is 17.6 Å². The summed E-state index contributed by atoms with van der Waals surface area (Å²) in [5.74, 6) is -0.368. The molecule has 3 aromatic rings. The Hall–Kier alpha value is -3.15. The number of hydrogen-bond acceptors (Lipinski definition) is 5. The number of carbonyl (C=O) groups is 1. The third kappa shape index (κ3) is 3.05. The van der Waals surface area contributed by atoms with E-state index in [9.17, 15) is 14.4 Å². The van der Waals surface area contributed by atoms with Crippen molar-refractivity contribution in [1.29, 1.82) is 0 Å². The van der Waals surface area contributed by atoms with Gasteiger partial charge in [0.05, 0.1) is 17.5 Å². The van der Waals surface area contributed by atoms with Crippen LogP contribution < -0.4 is 15.9 Å². The fourth-order valence-electron chi connectivity index (χ4n) is 3.84. The predicted octanol–water partition coefficient (Wildman–Crippen LogP) is 3.36. The zero-order chi connectivity index (χ0) is 20.0. The molecule has 1 aliphatic rings. The van der Waals surface area contributed by atoms with Crippen molar-refractivity contribution in [3.8, 4) is 5.75 Å². The molecule has 6 heteroatoms. The number of hydrogen-bond donors (Lipinski definition) is 0. The smallest absolute Gasteiger partial charge is 0.343 e. The average Bonchev–Trinajstić information content (AvgIpc) is 2.62. The van der Waals surface area contributed by atoms with Crippen LogP contribution in [0.15, 0.2) is 50.4 Å². The van der Waals surface area contributed by atoms with Crippen LogP contribution in [-0.2, 0) is 11.3 Å². The molecular weight excluding hydrogens is 358 g/mol. The zero-order valence-electron chi connectivity index (χ0n) is 16.0. The molecule has 6 nitrogen and oxygen atoms in total. The molecule has 0 aliphatic carbocycles. The minimum absolute atomic E-state index is 0.0733. The molecule has 0 unspecified atom stereocenters. The van der Waals surface area contributed by atoms with E-state index in [0.717, 1.165) is 10.9 Å². The second-order valence-corrected chi connectivity index (χ2v) is 7.62. The SMILES string of the molecule is Cc1cc2c(c(=O)o1)[C@@H](c1cc3ccccc3n(CC(C)C)c1=O)CC(=O)O2. The molecule has 0 bridgehead atoms. The fourth-order valence-corrected chi connectivity index (χ4v) is 3.84. The average molecular weight is 379 g/mol. The maximum absolute atomic E-state index is 13.4. The maximum Gasteiger partial charge on any atom is 0.343 e. The molecular formula is C22H21NO5. The molecule has 1 aromatic carbocycles. The van der Waals surface area contributed by atoms with Crippen LogP contribution in [0, 0.1) is 12.8 Å². The molecule has 1 atom stereocenters. The van der Waals surface area contributed by atoms with E-state index in [2.05, 4.69) is 0 Å². The standard InChI is InChI=1S/C22H21NO5/c1-12(2)11-23-17-7-5-4-6-14(17)9-16(21(23)25)15-10-19(24)28-18-8-13(3)27-22(26)20(15)18/h4-9,12,15H,10-11H2,1-3H3/t15-/m1/s1. The number of carbonyl (C=O) groups excluding carboxylic acids is 1. The first-order valence-electron chi connectivity index (χ1n) is 9.33. The number of pyridine rings is 1. The minimum atomic E-state index is -0.691. The number of nitrogens with zero attached hydrogens (tertiary/aromatic N) is 1. The van der Waals surface area contributed by atoms with Crippen LogP contribution in [0.2, 0.25) is 0 Å². The highest BCUT2D eigenvalue weighted by Gasteiger charge is 2.34. The van der Waals surface area contributed by atoms with Crippen LogP contribution in [0.5, 0.6) is 5.75 Å². The Morgan fingerprint density at radius 3 is 2.64 bits per heavy atom. The summed E-state index contributed by atoms with van der Waals surface area (Å²) < 4.78 is 12.2. The number of aryl methyl sites for hydroxylation is 1. The molecule has 0 fully saturated rings. The van der Waals surface area contributed by atoms with Crippen LogP contribution in [0.3, 0.4) is 0 Å². The molecule has 2 aromatic heterocycles. The molecule has 0 saturated carbocycles. The van der Waals surface area contributed by atoms with Crippen LogP contribution >= 0.6 is 0 Å². The van der Waals surface area contributed by atoms with E-state index in [1.165, 1.54) is 6.07 Å². The quantitative estimate of drug-likeness (QED) is 0.652. The number of fused-ring (bicyclic) bond motifs is 2. The Bertz CT molecular complexity index is 1200. The van der Waals surface area contributed by atoms with Crippen molar-refractivity contribution in [2.45, 2.75) is 39.7 Å². The summed E-state index contributed by atoms with van der Waals surface area (Å²) in [6.07, 6.45) is -0.0733. The van der Waals surface area contributed by atoms with E-state index >= 15 is 0 Å². The highest BCUT2D eigenvalue weighted by atomic mass is 16.5. The molecule has 4 rings (SSSR count). The van der Waals surface area contributed by atoms with Gasteiger partial charge in [0, 0.05) is 24.1 Å². The van der Waals surface area contributed by atoms with Gasteiger partial charge in [-0.05, 0) is 30.4 Å². The topological polar surface area (TPSA) is 78.5 Å². The van der Waals surface area contributed by atoms with Crippen molar-refractivity contribution in [1.82, 2.24) is 4.57 Å². The van der Waals surface area contributed by atoms with Crippen LogP contribution in [0.4, 0.5) is 0 Å². The molecule has 3 heterocycles. The Balaban J connectivity index is 2.01. The molecule has 0 N–H and O–H groups in total. The number of benzene rings is 1. The third-order valence-electron chi connectivity index (χ3n) is 4.97. The van der Waals surface area contributed by atoms with Gasteiger partial charge in [-0.15, -0.1) is 0 Å². The molecule has 0 saturated heterocycles. The summed E-state index contributed by atoms with van der Waals surface area (Å²) in [7, 11) is 0. The van der Waals surface area contributed by atoms with E-state index in [0.29, 0.717) is 17.9 Å². The third-order valence-corrected chi connectivity index (χ3v) is 4.97. The maximum atomic E-state index is 13.4. The Morgan fingerprint density at radius 2 is 1.89 bits per heavy atom. The summed E-state index contributed by atoms with van der Waals surface area (Å²) >= 11 is 0. The fraction of sp³-hybridized carbons (Fsp3) is 0.318. The van der Waals surface area contributed by atoms with Gasteiger partial charge in [-0.3, -0.25) is 9.59 Å². The van der Waals surface area contributed by atoms with E-state index < -0.39 is 17.5 Å². The first-order valence-corrected chi connectivity index (χ1v) is 9.33. The second-order valence-electron chi connectivity index (χ2n) is 7.62. The molecule has 0 spiro atoms. The lowest BCUT2D eigenvalue weighted by Crippen LogP contribution is -2.33. The van der Waals surface area contributed by atoms with Gasteiger partial charge < -0.3 is 13.7 Å². The summed E-state index contributed by atoms with van der Waals surface area (Å²) in [5, 5.41) is 0.884. The Kier molecular flexibility index (Phi) is 4.41. The largest absolute Gasteiger partial charge is 0.428 e. The first kappa shape index (κ1) is 18.2. The van der Waals surface area contributed by atoms with E-state index in [4.69, 9.17) is 9.15 Å². The number of ether oxygens (including phenoxy) is 1. The lowest BCUT2D eigenvalue weighted by molar-refractivity contribution is -0.135. The Labute approximate surface area is 161 Å². The van der Waals surface area contributed by atoms with Gasteiger partial charge in [0.1, 0.15) is 11.5 Å². The van der Waals surface area contributed by atoms with Gasteiger partial charge >= 0.3 is 11.6 Å². The predicted molar refractivity (Wildman–Crippen MR) is 105 cm³/mol. The summed E-state index contributed by atoms with van der Waals surface area (Å²) in [4.78, 5) is 38.1. The van der Waals surface area contributed by atoms with Crippen molar-refractivity contribution in [2.75, 3.05) is 0 Å². The number of esters is 1. The van der Waals surface area contributed by atoms with Crippen molar-refractivity contribution < 1.29 is 13.9 Å². The highest BCUT2D eigenvalue weighted by Crippen LogP contribution is 2.36. The minimum Gasteiger partial charge on any atom is -0.428 e. The van der Waals surface area contributed by atoms with Crippen molar-refractivity contribution >= 4 is 16.9 Å². The van der Waals surface area contributed by atoms with E-state index in [1.807, 2.05) is 38.1 Å². The lowest BCUT2D eigenvalue weighted by Gasteiger charge is -2.24. The molecule has 0 amide bonds. The van der Waals surface area contributed by atoms with Gasteiger partial charge in [0.25, 0.3) is 5.56 Å². The summed E-state index contributed by atoms with van der Waals surface area (Å²) in [6.45, 7) is 6.24. The highest BCUT2D eigenvalue weighted by molar-refractivity contribution is 5.81. The molecule has 144 valence electrons. The van der Waals surface area contributed by atoms with Crippen LogP contribution in [0.25, 0.3) is 10.9 Å². The summed E-state index contributed by atoms with van der Waals surface area (Å²) in [6, 6.07) is 10.9. The first-order chi connectivity index (χ1) is 13.3. The lowest BCUT2D eigenvalue weighted by atomic mass is 9.87. The van der Waals surface area contributed by atoms with Crippen LogP contribution in [-0.4, -0.2) is 10.5 Å². The summed E-state index contributed by atoms with van der Waals surface area (Å²) in [5.41, 5.74) is 0.704. The Morgan fingerprint density at radius 1 is 1.14 bits per heavy atom. The normalized spacial score (nSPS) is 16.3. The molecule has 0 radical (unpaired) electrons. The number of para-hydroxylation sites is 1. The van der Waals surface area contributed by atoms with Gasteiger partial charge in [-0.25, -0.2) is 4.79 Å². The van der Waals surface area contributed by atoms with Gasteiger partial charge in [0.2, 0.25) is 0 Å². The van der Waals surface area contributed by atoms with E-state index in [-0.39, 0.29) is 29.2 Å². The van der Waals surface area contributed by atoms with Crippen molar-refractivity contribution in [3.63, 3.8) is 0 Å². The zero-order valence-corrected chi connectivity index (χ0v) is 16.0. The molecule has 1 aliphatic heterocycles. The monoisotopic (exact) mass is 379 g/mol. The van der Waals surface area contributed by atoms with Gasteiger partial charge in [-0.1, -0.05) is 32.0 Å². The van der Waals surface area contributed by atoms with Crippen LogP contribution in [0.1, 0.15) is 43.1 Å². The van der Waals surface area contributed by atoms with Crippen molar-refractivity contribution in [2.24, 2.45) is 5.92 Å². The van der Waals surface area contributed by atoms with Crippen molar-refractivity contribution in [3.05, 3.63) is 74.1 Å². The molecule has 28 heavy (non-hydrogen) atoms. The van der Waals surface area contributed by atoms with Gasteiger partial charge in [-0.2, -0.15) is 0 Å². The number of aromatic nitrogens is 1. The van der Waals surface area contributed by atoms with Gasteiger partial charge in [0.15, 0.2) is 0 Å². The second kappa shape index (κ2) is 6.78. The number of rotatable bonds is 3.